The number of amides is 1. The second kappa shape index (κ2) is 10.1. The summed E-state index contributed by atoms with van der Waals surface area (Å²) in [7, 11) is 0. The highest BCUT2D eigenvalue weighted by Crippen LogP contribution is 2.21. The minimum Gasteiger partial charge on any atom is -0.393 e. The van der Waals surface area contributed by atoms with Gasteiger partial charge in [-0.15, -0.1) is 0 Å². The van der Waals surface area contributed by atoms with E-state index in [0.29, 0.717) is 38.4 Å². The summed E-state index contributed by atoms with van der Waals surface area (Å²) in [6.07, 6.45) is 3.89. The molecule has 0 aromatic heterocycles. The first kappa shape index (κ1) is 20.9. The van der Waals surface area contributed by atoms with Crippen LogP contribution in [0.25, 0.3) is 0 Å². The van der Waals surface area contributed by atoms with E-state index in [9.17, 15) is 9.90 Å². The number of hydrogen-bond acceptors (Lipinski definition) is 4. The molecule has 2 aliphatic rings. The number of likely N-dealkylation sites (tertiary alicyclic amines) is 1. The lowest BCUT2D eigenvalue weighted by molar-refractivity contribution is -0.132. The third kappa shape index (κ3) is 5.61. The largest absolute Gasteiger partial charge is 0.393 e. The van der Waals surface area contributed by atoms with E-state index in [4.69, 9.17) is 0 Å². The second-order valence-corrected chi connectivity index (χ2v) is 8.58. The van der Waals surface area contributed by atoms with Crippen LogP contribution >= 0.6 is 0 Å². The van der Waals surface area contributed by atoms with Gasteiger partial charge in [0.2, 0.25) is 5.91 Å². The van der Waals surface area contributed by atoms with E-state index < -0.39 is 0 Å². The van der Waals surface area contributed by atoms with Crippen LogP contribution in [0.1, 0.15) is 36.8 Å². The fourth-order valence-electron chi connectivity index (χ4n) is 4.43. The average Bonchev–Trinajstić information content (AvgIpc) is 2.80. The average molecular weight is 408 g/mol. The number of anilines is 1. The van der Waals surface area contributed by atoms with Gasteiger partial charge in [0.25, 0.3) is 0 Å². The van der Waals surface area contributed by atoms with Gasteiger partial charge in [0, 0.05) is 44.5 Å². The van der Waals surface area contributed by atoms with E-state index in [1.54, 1.807) is 0 Å². The highest BCUT2D eigenvalue weighted by atomic mass is 16.3. The van der Waals surface area contributed by atoms with Crippen molar-refractivity contribution in [1.29, 1.82) is 0 Å². The number of hydrogen-bond donors (Lipinski definition) is 2. The molecule has 0 aliphatic carbocycles. The molecule has 0 bridgehead atoms. The summed E-state index contributed by atoms with van der Waals surface area (Å²) in [6, 6.07) is 19.6. The Balaban J connectivity index is 1.22. The molecule has 2 fully saturated rings. The molecular formula is C25H33N3O2. The predicted molar refractivity (Wildman–Crippen MR) is 120 cm³/mol. The molecule has 2 aromatic rings. The highest BCUT2D eigenvalue weighted by Gasteiger charge is 2.22. The van der Waals surface area contributed by atoms with Crippen molar-refractivity contribution in [1.82, 2.24) is 10.2 Å². The number of rotatable bonds is 6. The Hall–Kier alpha value is -2.37. The summed E-state index contributed by atoms with van der Waals surface area (Å²) in [5, 5.41) is 13.3. The third-order valence-electron chi connectivity index (χ3n) is 6.41. The minimum atomic E-state index is -0.244. The Morgan fingerprint density at radius 2 is 1.53 bits per heavy atom. The summed E-state index contributed by atoms with van der Waals surface area (Å²) < 4.78 is 0. The monoisotopic (exact) mass is 407 g/mol. The zero-order valence-electron chi connectivity index (χ0n) is 17.7. The maximum Gasteiger partial charge on any atom is 0.226 e. The van der Waals surface area contributed by atoms with Crippen LogP contribution in [0.3, 0.4) is 0 Å². The maximum absolute atomic E-state index is 12.5. The smallest absolute Gasteiger partial charge is 0.226 e. The number of benzene rings is 2. The molecule has 0 unspecified atom stereocenters. The van der Waals surface area contributed by atoms with Crippen molar-refractivity contribution in [3.05, 3.63) is 65.7 Å². The molecule has 0 saturated carbocycles. The van der Waals surface area contributed by atoms with Crippen molar-refractivity contribution in [2.75, 3.05) is 31.1 Å². The van der Waals surface area contributed by atoms with Crippen LogP contribution < -0.4 is 10.2 Å². The molecule has 0 atom stereocenters. The number of piperidine rings is 2. The Kier molecular flexibility index (Phi) is 7.03. The predicted octanol–water partition coefficient (Wildman–Crippen LogP) is 2.97. The van der Waals surface area contributed by atoms with E-state index in [1.807, 2.05) is 4.90 Å². The van der Waals surface area contributed by atoms with Crippen molar-refractivity contribution in [3.63, 3.8) is 0 Å². The van der Waals surface area contributed by atoms with Crippen LogP contribution in [0.15, 0.2) is 54.6 Å². The molecule has 30 heavy (non-hydrogen) atoms. The van der Waals surface area contributed by atoms with Gasteiger partial charge in [-0.1, -0.05) is 42.5 Å². The van der Waals surface area contributed by atoms with E-state index in [0.717, 1.165) is 38.0 Å². The molecule has 5 nitrogen and oxygen atoms in total. The molecule has 4 rings (SSSR count). The summed E-state index contributed by atoms with van der Waals surface area (Å²) in [4.78, 5) is 16.8. The SMILES string of the molecule is O=C(Cc1ccc(N2CCC(NCc3ccccc3)CC2)cc1)N1CCC(O)CC1. The van der Waals surface area contributed by atoms with Gasteiger partial charge in [0.1, 0.15) is 0 Å². The maximum atomic E-state index is 12.5. The van der Waals surface area contributed by atoms with E-state index in [2.05, 4.69) is 64.8 Å². The second-order valence-electron chi connectivity index (χ2n) is 8.58. The van der Waals surface area contributed by atoms with Crippen molar-refractivity contribution in [3.8, 4) is 0 Å². The van der Waals surface area contributed by atoms with Crippen LogP contribution in [0, 0.1) is 0 Å². The number of aliphatic hydroxyl groups excluding tert-OH is 1. The quantitative estimate of drug-likeness (QED) is 0.773. The fourth-order valence-corrected chi connectivity index (χ4v) is 4.43. The number of carbonyl (C=O) groups is 1. The molecule has 2 heterocycles. The zero-order chi connectivity index (χ0) is 20.8. The van der Waals surface area contributed by atoms with Crippen molar-refractivity contribution >= 4 is 11.6 Å². The fraction of sp³-hybridized carbons (Fsp3) is 0.480. The van der Waals surface area contributed by atoms with Gasteiger partial charge in [0.05, 0.1) is 12.5 Å². The number of aliphatic hydroxyl groups is 1. The first-order valence-corrected chi connectivity index (χ1v) is 11.2. The Labute approximate surface area is 179 Å². The first-order chi connectivity index (χ1) is 14.7. The lowest BCUT2D eigenvalue weighted by Gasteiger charge is -2.34. The molecule has 2 saturated heterocycles. The molecule has 5 heteroatoms. The normalized spacial score (nSPS) is 18.6. The molecule has 2 aromatic carbocycles. The Bertz CT molecular complexity index is 793. The summed E-state index contributed by atoms with van der Waals surface area (Å²) in [5.74, 6) is 0.167. The zero-order valence-corrected chi connectivity index (χ0v) is 17.7. The van der Waals surface area contributed by atoms with Gasteiger partial charge < -0.3 is 20.2 Å². The lowest BCUT2D eigenvalue weighted by atomic mass is 10.0. The van der Waals surface area contributed by atoms with E-state index in [-0.39, 0.29) is 12.0 Å². The van der Waals surface area contributed by atoms with Crippen LogP contribution in [0.4, 0.5) is 5.69 Å². The molecular weight excluding hydrogens is 374 g/mol. The van der Waals surface area contributed by atoms with Gasteiger partial charge in [0.15, 0.2) is 0 Å². The summed E-state index contributed by atoms with van der Waals surface area (Å²) >= 11 is 0. The molecule has 0 radical (unpaired) electrons. The number of nitrogens with one attached hydrogen (secondary N) is 1. The molecule has 0 spiro atoms. The Morgan fingerprint density at radius 3 is 2.20 bits per heavy atom. The number of nitrogens with zero attached hydrogens (tertiary/aromatic N) is 2. The van der Waals surface area contributed by atoms with Crippen molar-refractivity contribution in [2.24, 2.45) is 0 Å². The molecule has 2 N–H and O–H groups in total. The van der Waals surface area contributed by atoms with Gasteiger partial charge in [-0.2, -0.15) is 0 Å². The third-order valence-corrected chi connectivity index (χ3v) is 6.41. The van der Waals surface area contributed by atoms with Crippen LogP contribution in [0.2, 0.25) is 0 Å². The van der Waals surface area contributed by atoms with Gasteiger partial charge in [-0.05, 0) is 48.9 Å². The summed E-state index contributed by atoms with van der Waals surface area (Å²) in [6.45, 7) is 4.39. The number of carbonyl (C=O) groups excluding carboxylic acids is 1. The molecule has 1 amide bonds. The minimum absolute atomic E-state index is 0.167. The van der Waals surface area contributed by atoms with Crippen LogP contribution in [0.5, 0.6) is 0 Å². The lowest BCUT2D eigenvalue weighted by Crippen LogP contribution is -2.42. The van der Waals surface area contributed by atoms with Gasteiger partial charge >= 0.3 is 0 Å². The van der Waals surface area contributed by atoms with E-state index in [1.165, 1.54) is 11.3 Å². The standard InChI is InChI=1S/C25H33N3O2/c29-24-12-16-28(17-13-24)25(30)18-20-6-8-23(9-7-20)27-14-10-22(11-15-27)26-19-21-4-2-1-3-5-21/h1-9,22,24,26,29H,10-19H2. The summed E-state index contributed by atoms with van der Waals surface area (Å²) in [5.41, 5.74) is 3.65. The Morgan fingerprint density at radius 1 is 0.867 bits per heavy atom. The van der Waals surface area contributed by atoms with Gasteiger partial charge in [-0.25, -0.2) is 0 Å². The van der Waals surface area contributed by atoms with Crippen LogP contribution in [-0.4, -0.2) is 54.2 Å². The highest BCUT2D eigenvalue weighted by molar-refractivity contribution is 5.79. The van der Waals surface area contributed by atoms with Crippen molar-refractivity contribution < 1.29 is 9.90 Å². The topological polar surface area (TPSA) is 55.8 Å². The van der Waals surface area contributed by atoms with Crippen molar-refractivity contribution in [2.45, 2.75) is 50.8 Å². The van der Waals surface area contributed by atoms with Gasteiger partial charge in [-0.3, -0.25) is 4.79 Å². The van der Waals surface area contributed by atoms with E-state index >= 15 is 0 Å². The molecule has 160 valence electrons. The molecule has 2 aliphatic heterocycles. The van der Waals surface area contributed by atoms with Crippen LogP contribution in [-0.2, 0) is 17.8 Å². The first-order valence-electron chi connectivity index (χ1n) is 11.2.